The van der Waals surface area contributed by atoms with Gasteiger partial charge in [-0.1, -0.05) is 0 Å². The fourth-order valence-electron chi connectivity index (χ4n) is 3.12. The summed E-state index contributed by atoms with van der Waals surface area (Å²) >= 11 is 7.26. The first-order valence-electron chi connectivity index (χ1n) is 6.90. The Labute approximate surface area is 136 Å². The molecule has 0 aromatic carbocycles. The van der Waals surface area contributed by atoms with Gasteiger partial charge in [0.05, 0.1) is 9.83 Å². The third-order valence-corrected chi connectivity index (χ3v) is 6.76. The minimum Gasteiger partial charge on any atom is -0.326 e. The predicted octanol–water partition coefficient (Wildman–Crippen LogP) is 4.58. The second-order valence-corrected chi connectivity index (χ2v) is 8.90. The normalized spacial score (nSPS) is 22.5. The van der Waals surface area contributed by atoms with Gasteiger partial charge in [0.2, 0.25) is 0 Å². The molecule has 3 unspecified atom stereocenters. The molecular weight excluding hydrogens is 352 g/mol. The fraction of sp³-hybridized carbons (Fsp3) is 0.467. The van der Waals surface area contributed by atoms with Gasteiger partial charge in [0, 0.05) is 28.4 Å². The average molecular weight is 371 g/mol. The van der Waals surface area contributed by atoms with E-state index in [2.05, 4.69) is 58.3 Å². The highest BCUT2D eigenvalue weighted by Crippen LogP contribution is 2.41. The van der Waals surface area contributed by atoms with Crippen LogP contribution in [0, 0.1) is 0 Å². The summed E-state index contributed by atoms with van der Waals surface area (Å²) in [5.41, 5.74) is 7.81. The zero-order valence-corrected chi connectivity index (χ0v) is 14.9. The van der Waals surface area contributed by atoms with Crippen molar-refractivity contribution >= 4 is 38.6 Å². The number of rotatable bonds is 3. The molecule has 0 amide bonds. The van der Waals surface area contributed by atoms with E-state index >= 15 is 0 Å². The summed E-state index contributed by atoms with van der Waals surface area (Å²) in [6, 6.07) is 7.48. The number of nitrogens with zero attached hydrogens (tertiary/aromatic N) is 1. The smallest absolute Gasteiger partial charge is 0.0702 e. The lowest BCUT2D eigenvalue weighted by Gasteiger charge is -2.41. The van der Waals surface area contributed by atoms with Crippen LogP contribution >= 0.6 is 38.6 Å². The van der Waals surface area contributed by atoms with E-state index in [9.17, 15) is 0 Å². The van der Waals surface area contributed by atoms with Crippen LogP contribution in [-0.4, -0.2) is 17.5 Å². The molecule has 3 heterocycles. The summed E-state index contributed by atoms with van der Waals surface area (Å²) in [5.74, 6) is 0. The highest BCUT2D eigenvalue weighted by atomic mass is 79.9. The van der Waals surface area contributed by atoms with Crippen molar-refractivity contribution in [1.29, 1.82) is 0 Å². The quantitative estimate of drug-likeness (QED) is 0.856. The maximum atomic E-state index is 6.32. The average Bonchev–Trinajstić information content (AvgIpc) is 3.01. The fourth-order valence-corrected chi connectivity index (χ4v) is 5.74. The van der Waals surface area contributed by atoms with Crippen LogP contribution in [0.1, 0.15) is 41.2 Å². The molecule has 2 N–H and O–H groups in total. The Morgan fingerprint density at radius 3 is 2.85 bits per heavy atom. The first-order valence-corrected chi connectivity index (χ1v) is 9.39. The summed E-state index contributed by atoms with van der Waals surface area (Å²) in [6.45, 7) is 5.52. The second-order valence-electron chi connectivity index (χ2n) is 5.41. The van der Waals surface area contributed by atoms with E-state index < -0.39 is 0 Å². The molecule has 0 saturated heterocycles. The van der Waals surface area contributed by atoms with Crippen molar-refractivity contribution in [3.63, 3.8) is 0 Å². The van der Waals surface area contributed by atoms with E-state index in [0.29, 0.717) is 12.1 Å². The molecule has 0 fully saturated rings. The van der Waals surface area contributed by atoms with E-state index in [1.165, 1.54) is 14.2 Å². The number of nitrogens with two attached hydrogens (primary N) is 1. The van der Waals surface area contributed by atoms with Crippen molar-refractivity contribution in [3.05, 3.63) is 42.7 Å². The Balaban J connectivity index is 1.93. The summed E-state index contributed by atoms with van der Waals surface area (Å²) in [6.07, 6.45) is 1.15. The summed E-state index contributed by atoms with van der Waals surface area (Å²) in [5, 5.41) is 2.22. The zero-order valence-electron chi connectivity index (χ0n) is 11.7. The van der Waals surface area contributed by atoms with Crippen LogP contribution in [0.25, 0.3) is 0 Å². The van der Waals surface area contributed by atoms with Gasteiger partial charge in [-0.2, -0.15) is 0 Å². The molecule has 20 heavy (non-hydrogen) atoms. The van der Waals surface area contributed by atoms with Gasteiger partial charge in [0.25, 0.3) is 0 Å². The molecule has 0 radical (unpaired) electrons. The van der Waals surface area contributed by atoms with Crippen molar-refractivity contribution < 1.29 is 0 Å². The molecule has 0 saturated carbocycles. The maximum Gasteiger partial charge on any atom is 0.0702 e. The predicted molar refractivity (Wildman–Crippen MR) is 91.6 cm³/mol. The van der Waals surface area contributed by atoms with Gasteiger partial charge in [0.15, 0.2) is 0 Å². The van der Waals surface area contributed by atoms with Crippen molar-refractivity contribution in [2.45, 2.75) is 38.4 Å². The molecule has 3 atom stereocenters. The van der Waals surface area contributed by atoms with Crippen LogP contribution in [0.4, 0.5) is 0 Å². The molecule has 2 aromatic heterocycles. The first-order chi connectivity index (χ1) is 9.58. The second kappa shape index (κ2) is 5.89. The third kappa shape index (κ3) is 2.62. The van der Waals surface area contributed by atoms with Crippen molar-refractivity contribution in [3.8, 4) is 0 Å². The number of hydrogen-bond donors (Lipinski definition) is 1. The number of fused-ring (bicyclic) bond motifs is 1. The SMILES string of the molecule is CC(N)C(c1ccc(Br)s1)N1CCc2sccc2C1C. The molecule has 0 bridgehead atoms. The number of thiophene rings is 2. The molecule has 5 heteroatoms. The van der Waals surface area contributed by atoms with Crippen molar-refractivity contribution in [2.24, 2.45) is 5.73 Å². The Morgan fingerprint density at radius 1 is 1.40 bits per heavy atom. The topological polar surface area (TPSA) is 29.3 Å². The third-order valence-electron chi connectivity index (χ3n) is 4.07. The van der Waals surface area contributed by atoms with Crippen LogP contribution < -0.4 is 5.73 Å². The molecule has 1 aliphatic heterocycles. The van der Waals surface area contributed by atoms with Gasteiger partial charge in [0.1, 0.15) is 0 Å². The minimum absolute atomic E-state index is 0.128. The van der Waals surface area contributed by atoms with Crippen molar-refractivity contribution in [2.75, 3.05) is 6.54 Å². The molecule has 0 aliphatic carbocycles. The van der Waals surface area contributed by atoms with Crippen LogP contribution in [0.3, 0.4) is 0 Å². The van der Waals surface area contributed by atoms with E-state index in [4.69, 9.17) is 5.73 Å². The van der Waals surface area contributed by atoms with Crippen LogP contribution in [0.15, 0.2) is 27.4 Å². The molecule has 1 aliphatic rings. The van der Waals surface area contributed by atoms with Gasteiger partial charge < -0.3 is 5.73 Å². The zero-order chi connectivity index (χ0) is 14.3. The highest BCUT2D eigenvalue weighted by Gasteiger charge is 2.33. The molecule has 3 rings (SSSR count). The summed E-state index contributed by atoms with van der Waals surface area (Å²) in [4.78, 5) is 5.47. The van der Waals surface area contributed by atoms with Crippen LogP contribution in [-0.2, 0) is 6.42 Å². The lowest BCUT2D eigenvalue weighted by molar-refractivity contribution is 0.121. The molecule has 0 spiro atoms. The van der Waals surface area contributed by atoms with E-state index in [-0.39, 0.29) is 6.04 Å². The lowest BCUT2D eigenvalue weighted by atomic mass is 9.96. The molecule has 108 valence electrons. The Morgan fingerprint density at radius 2 is 2.20 bits per heavy atom. The molecule has 2 nitrogen and oxygen atoms in total. The highest BCUT2D eigenvalue weighted by molar-refractivity contribution is 9.11. The van der Waals surface area contributed by atoms with Crippen LogP contribution in [0.2, 0.25) is 0 Å². The standard InChI is InChI=1S/C15H19BrN2S2/c1-9(17)15(13-3-4-14(16)20-13)18-7-5-12-11(10(18)2)6-8-19-12/h3-4,6,8-10,15H,5,7,17H2,1-2H3. The Bertz CT molecular complexity index is 590. The maximum absolute atomic E-state index is 6.32. The number of halogens is 1. The molecule has 2 aromatic rings. The first kappa shape index (κ1) is 14.7. The Kier molecular flexibility index (Phi) is 4.34. The van der Waals surface area contributed by atoms with E-state index in [1.807, 2.05) is 11.3 Å². The van der Waals surface area contributed by atoms with Crippen LogP contribution in [0.5, 0.6) is 0 Å². The largest absolute Gasteiger partial charge is 0.326 e. The minimum atomic E-state index is 0.128. The summed E-state index contributed by atoms with van der Waals surface area (Å²) < 4.78 is 1.18. The Hall–Kier alpha value is -0.200. The molecular formula is C15H19BrN2S2. The van der Waals surface area contributed by atoms with Gasteiger partial charge in [-0.3, -0.25) is 4.90 Å². The van der Waals surface area contributed by atoms with E-state index in [0.717, 1.165) is 13.0 Å². The van der Waals surface area contributed by atoms with Gasteiger partial charge in [-0.15, -0.1) is 22.7 Å². The monoisotopic (exact) mass is 370 g/mol. The number of hydrogen-bond acceptors (Lipinski definition) is 4. The van der Waals surface area contributed by atoms with Gasteiger partial charge >= 0.3 is 0 Å². The van der Waals surface area contributed by atoms with Gasteiger partial charge in [-0.05, 0) is 65.3 Å². The van der Waals surface area contributed by atoms with Crippen molar-refractivity contribution in [1.82, 2.24) is 4.90 Å². The summed E-state index contributed by atoms with van der Waals surface area (Å²) in [7, 11) is 0. The van der Waals surface area contributed by atoms with E-state index in [1.54, 1.807) is 16.2 Å². The lowest BCUT2D eigenvalue weighted by Crippen LogP contribution is -2.43. The van der Waals surface area contributed by atoms with Gasteiger partial charge in [-0.25, -0.2) is 0 Å².